The van der Waals surface area contributed by atoms with Crippen molar-refractivity contribution in [2.24, 2.45) is 4.99 Å². The van der Waals surface area contributed by atoms with E-state index in [2.05, 4.69) is 27.9 Å². The van der Waals surface area contributed by atoms with Gasteiger partial charge in [-0.25, -0.2) is 0 Å². The summed E-state index contributed by atoms with van der Waals surface area (Å²) in [5.74, 6) is 1.01. The van der Waals surface area contributed by atoms with E-state index >= 15 is 0 Å². The fourth-order valence-corrected chi connectivity index (χ4v) is 2.66. The third-order valence-electron chi connectivity index (χ3n) is 3.74. The number of nitrogens with one attached hydrogen (secondary N) is 1. The van der Waals surface area contributed by atoms with E-state index in [-0.39, 0.29) is 5.91 Å². The SMILES string of the molecule is Cc1ccc2c(C(=O)N(C)C)cn(CC3=NCCN3)c2c1. The standard InChI is InChI=1S/C16H20N4O/c1-11-4-5-12-13(16(21)19(2)3)9-20(14(12)8-11)10-15-17-6-7-18-15/h4-5,8-9H,6-7,10H2,1-3H3,(H,17,18). The van der Waals surface area contributed by atoms with Crippen LogP contribution in [0, 0.1) is 6.92 Å². The second-order valence-electron chi connectivity index (χ2n) is 5.65. The average Bonchev–Trinajstić information content (AvgIpc) is 3.07. The molecule has 1 aliphatic heterocycles. The van der Waals surface area contributed by atoms with E-state index in [0.717, 1.165) is 35.4 Å². The van der Waals surface area contributed by atoms with Crippen LogP contribution in [0.5, 0.6) is 0 Å². The minimum Gasteiger partial charge on any atom is -0.370 e. The van der Waals surface area contributed by atoms with Crippen LogP contribution in [-0.4, -0.2) is 48.4 Å². The van der Waals surface area contributed by atoms with Crippen LogP contribution in [0.3, 0.4) is 0 Å². The van der Waals surface area contributed by atoms with Crippen LogP contribution < -0.4 is 5.32 Å². The molecule has 1 amide bonds. The molecule has 1 aromatic heterocycles. The number of aliphatic imine (C=N–C) groups is 1. The van der Waals surface area contributed by atoms with Gasteiger partial charge in [0.05, 0.1) is 18.7 Å². The Morgan fingerprint density at radius 3 is 2.90 bits per heavy atom. The molecule has 21 heavy (non-hydrogen) atoms. The number of hydrogen-bond acceptors (Lipinski definition) is 3. The van der Waals surface area contributed by atoms with Gasteiger partial charge in [-0.2, -0.15) is 0 Å². The zero-order valence-electron chi connectivity index (χ0n) is 12.7. The predicted molar refractivity (Wildman–Crippen MR) is 85.0 cm³/mol. The van der Waals surface area contributed by atoms with Gasteiger partial charge >= 0.3 is 0 Å². The Labute approximate surface area is 124 Å². The molecule has 1 aromatic carbocycles. The number of carbonyl (C=O) groups excluding carboxylic acids is 1. The largest absolute Gasteiger partial charge is 0.370 e. The summed E-state index contributed by atoms with van der Waals surface area (Å²) in [5.41, 5.74) is 3.01. The summed E-state index contributed by atoms with van der Waals surface area (Å²) in [6, 6.07) is 6.20. The van der Waals surface area contributed by atoms with Crippen LogP contribution in [0.2, 0.25) is 0 Å². The monoisotopic (exact) mass is 284 g/mol. The topological polar surface area (TPSA) is 49.6 Å². The molecule has 0 radical (unpaired) electrons. The van der Waals surface area contributed by atoms with Crippen molar-refractivity contribution in [1.82, 2.24) is 14.8 Å². The third-order valence-corrected chi connectivity index (χ3v) is 3.74. The highest BCUT2D eigenvalue weighted by molar-refractivity contribution is 6.07. The van der Waals surface area contributed by atoms with Gasteiger partial charge in [-0.3, -0.25) is 9.79 Å². The van der Waals surface area contributed by atoms with Gasteiger partial charge in [0, 0.05) is 37.7 Å². The highest BCUT2D eigenvalue weighted by Gasteiger charge is 2.18. The number of benzene rings is 1. The first-order valence-corrected chi connectivity index (χ1v) is 7.14. The fraction of sp³-hybridized carbons (Fsp3) is 0.375. The third kappa shape index (κ3) is 2.51. The van der Waals surface area contributed by atoms with Crippen molar-refractivity contribution in [2.75, 3.05) is 27.2 Å². The smallest absolute Gasteiger partial charge is 0.255 e. The molecule has 0 fully saturated rings. The molecule has 2 aromatic rings. The van der Waals surface area contributed by atoms with Crippen LogP contribution in [-0.2, 0) is 6.54 Å². The van der Waals surface area contributed by atoms with Crippen LogP contribution in [0.15, 0.2) is 29.4 Å². The Bertz CT molecular complexity index is 727. The molecule has 1 aliphatic rings. The molecule has 0 unspecified atom stereocenters. The van der Waals surface area contributed by atoms with Crippen LogP contribution >= 0.6 is 0 Å². The molecule has 5 nitrogen and oxygen atoms in total. The Morgan fingerprint density at radius 1 is 1.43 bits per heavy atom. The summed E-state index contributed by atoms with van der Waals surface area (Å²) < 4.78 is 2.11. The first-order valence-electron chi connectivity index (χ1n) is 7.14. The normalized spacial score (nSPS) is 14.1. The van der Waals surface area contributed by atoms with E-state index in [1.165, 1.54) is 5.56 Å². The minimum atomic E-state index is 0.0314. The molecule has 3 rings (SSSR count). The first-order chi connectivity index (χ1) is 10.1. The van der Waals surface area contributed by atoms with E-state index in [1.807, 2.05) is 18.3 Å². The van der Waals surface area contributed by atoms with Gasteiger partial charge in [-0.05, 0) is 18.6 Å². The summed E-state index contributed by atoms with van der Waals surface area (Å²) in [5, 5.41) is 4.28. The highest BCUT2D eigenvalue weighted by atomic mass is 16.2. The van der Waals surface area contributed by atoms with Crippen molar-refractivity contribution >= 4 is 22.6 Å². The highest BCUT2D eigenvalue weighted by Crippen LogP contribution is 2.24. The van der Waals surface area contributed by atoms with Gasteiger partial charge in [0.25, 0.3) is 5.91 Å². The van der Waals surface area contributed by atoms with Gasteiger partial charge in [0.1, 0.15) is 5.84 Å². The van der Waals surface area contributed by atoms with E-state index in [4.69, 9.17) is 0 Å². The van der Waals surface area contributed by atoms with E-state index in [1.54, 1.807) is 19.0 Å². The Kier molecular flexibility index (Phi) is 3.41. The van der Waals surface area contributed by atoms with Gasteiger partial charge in [0.2, 0.25) is 0 Å². The lowest BCUT2D eigenvalue weighted by Crippen LogP contribution is -2.23. The number of hydrogen-bond donors (Lipinski definition) is 1. The van der Waals surface area contributed by atoms with E-state index in [0.29, 0.717) is 6.54 Å². The summed E-state index contributed by atoms with van der Waals surface area (Å²) in [6.07, 6.45) is 1.94. The Morgan fingerprint density at radius 2 is 2.24 bits per heavy atom. The maximum atomic E-state index is 12.4. The van der Waals surface area contributed by atoms with Gasteiger partial charge in [-0.15, -0.1) is 0 Å². The number of fused-ring (bicyclic) bond motifs is 1. The number of rotatable bonds is 3. The van der Waals surface area contributed by atoms with Crippen molar-refractivity contribution in [3.05, 3.63) is 35.5 Å². The quantitative estimate of drug-likeness (QED) is 0.932. The second-order valence-corrected chi connectivity index (χ2v) is 5.65. The Hall–Kier alpha value is -2.30. The zero-order valence-corrected chi connectivity index (χ0v) is 12.7. The molecule has 0 saturated carbocycles. The number of amides is 1. The van der Waals surface area contributed by atoms with Gasteiger partial charge in [0.15, 0.2) is 0 Å². The van der Waals surface area contributed by atoms with Crippen LogP contribution in [0.25, 0.3) is 10.9 Å². The number of aromatic nitrogens is 1. The lowest BCUT2D eigenvalue weighted by molar-refractivity contribution is 0.0829. The van der Waals surface area contributed by atoms with Gasteiger partial charge in [-0.1, -0.05) is 12.1 Å². The van der Waals surface area contributed by atoms with Crippen molar-refractivity contribution in [3.63, 3.8) is 0 Å². The maximum absolute atomic E-state index is 12.4. The minimum absolute atomic E-state index is 0.0314. The van der Waals surface area contributed by atoms with Crippen molar-refractivity contribution in [2.45, 2.75) is 13.5 Å². The van der Waals surface area contributed by atoms with Gasteiger partial charge < -0.3 is 14.8 Å². The zero-order chi connectivity index (χ0) is 15.0. The summed E-state index contributed by atoms with van der Waals surface area (Å²) in [6.45, 7) is 4.48. The number of nitrogens with zero attached hydrogens (tertiary/aromatic N) is 3. The fourth-order valence-electron chi connectivity index (χ4n) is 2.66. The molecular weight excluding hydrogens is 264 g/mol. The van der Waals surface area contributed by atoms with Crippen molar-refractivity contribution in [1.29, 1.82) is 0 Å². The average molecular weight is 284 g/mol. The first kappa shape index (κ1) is 13.7. The number of carbonyl (C=O) groups is 1. The lowest BCUT2D eigenvalue weighted by atomic mass is 10.1. The molecule has 0 saturated heterocycles. The summed E-state index contributed by atoms with van der Waals surface area (Å²) in [4.78, 5) is 18.4. The number of amidine groups is 1. The predicted octanol–water partition coefficient (Wildman–Crippen LogP) is 1.65. The molecule has 2 heterocycles. The molecule has 0 atom stereocenters. The molecule has 5 heteroatoms. The van der Waals surface area contributed by atoms with Crippen molar-refractivity contribution in [3.8, 4) is 0 Å². The lowest BCUT2D eigenvalue weighted by Gasteiger charge is -2.08. The van der Waals surface area contributed by atoms with Crippen molar-refractivity contribution < 1.29 is 4.79 Å². The van der Waals surface area contributed by atoms with E-state index in [9.17, 15) is 4.79 Å². The maximum Gasteiger partial charge on any atom is 0.255 e. The molecule has 0 bridgehead atoms. The molecule has 1 N–H and O–H groups in total. The van der Waals surface area contributed by atoms with E-state index < -0.39 is 0 Å². The Balaban J connectivity index is 2.10. The van der Waals surface area contributed by atoms with Crippen LogP contribution in [0.1, 0.15) is 15.9 Å². The number of aryl methyl sites for hydroxylation is 1. The summed E-state index contributed by atoms with van der Waals surface area (Å²) in [7, 11) is 3.56. The summed E-state index contributed by atoms with van der Waals surface area (Å²) >= 11 is 0. The molecule has 110 valence electrons. The second kappa shape index (κ2) is 5.24. The molecular formula is C16H20N4O. The molecule has 0 aliphatic carbocycles. The van der Waals surface area contributed by atoms with Crippen LogP contribution in [0.4, 0.5) is 0 Å². The molecule has 0 spiro atoms.